The number of rotatable bonds is 3. The standard InChI is InChI=1S/C10H15N.C9H9N.CH5NO/c1-8-3-5-10(6-4-8)7-9(2)11;1-8-3-5-9(6-4-8)7-10-2;1-2-3/h3-6,9H,7,11H2,1-2H3;3-6H,7H2,1H3;2-3H,1H3. The van der Waals surface area contributed by atoms with Gasteiger partial charge in [-0.3, -0.25) is 0 Å². The van der Waals surface area contributed by atoms with E-state index in [1.807, 2.05) is 38.1 Å². The minimum absolute atomic E-state index is 0.262. The molecule has 0 saturated heterocycles. The summed E-state index contributed by atoms with van der Waals surface area (Å²) in [7, 11) is 1.43. The molecule has 0 spiro atoms. The van der Waals surface area contributed by atoms with Gasteiger partial charge in [0.2, 0.25) is 6.54 Å². The van der Waals surface area contributed by atoms with Gasteiger partial charge in [-0.25, -0.2) is 12.1 Å². The predicted molar refractivity (Wildman–Crippen MR) is 101 cm³/mol. The molecule has 2 aromatic carbocycles. The summed E-state index contributed by atoms with van der Waals surface area (Å²) in [6.07, 6.45) is 0.972. The van der Waals surface area contributed by atoms with Gasteiger partial charge in [-0.2, -0.15) is 0 Å². The molecule has 1 unspecified atom stereocenters. The Bertz CT molecular complexity index is 584. The summed E-state index contributed by atoms with van der Waals surface area (Å²) < 4.78 is 0. The van der Waals surface area contributed by atoms with E-state index in [1.54, 1.807) is 5.48 Å². The molecule has 0 amide bonds. The zero-order valence-corrected chi connectivity index (χ0v) is 15.1. The molecule has 0 heterocycles. The first-order valence-electron chi connectivity index (χ1n) is 7.93. The minimum atomic E-state index is 0.262. The maximum absolute atomic E-state index is 7.32. The van der Waals surface area contributed by atoms with Crippen molar-refractivity contribution in [3.05, 3.63) is 82.2 Å². The van der Waals surface area contributed by atoms with Crippen LogP contribution in [0.4, 0.5) is 0 Å². The largest absolute Gasteiger partial charge is 0.328 e. The minimum Gasteiger partial charge on any atom is -0.328 e. The van der Waals surface area contributed by atoms with Crippen LogP contribution in [0.5, 0.6) is 0 Å². The van der Waals surface area contributed by atoms with Gasteiger partial charge < -0.3 is 15.8 Å². The van der Waals surface area contributed by atoms with Crippen LogP contribution in [0.2, 0.25) is 0 Å². The zero-order valence-electron chi connectivity index (χ0n) is 15.1. The molecule has 130 valence electrons. The van der Waals surface area contributed by atoms with Gasteiger partial charge in [0.05, 0.1) is 0 Å². The Labute approximate surface area is 146 Å². The fourth-order valence-electron chi connectivity index (χ4n) is 1.88. The third-order valence-electron chi connectivity index (χ3n) is 3.06. The van der Waals surface area contributed by atoms with Gasteiger partial charge in [-0.05, 0) is 32.8 Å². The molecular formula is C20H29N3O. The van der Waals surface area contributed by atoms with Crippen LogP contribution < -0.4 is 11.2 Å². The molecule has 0 aliphatic rings. The van der Waals surface area contributed by atoms with Gasteiger partial charge in [0.15, 0.2) is 0 Å². The Balaban J connectivity index is 0.000000381. The highest BCUT2D eigenvalue weighted by Crippen LogP contribution is 2.05. The first-order chi connectivity index (χ1) is 11.4. The van der Waals surface area contributed by atoms with Gasteiger partial charge in [-0.1, -0.05) is 59.7 Å². The molecule has 2 aromatic rings. The number of hydrogen-bond donors (Lipinski definition) is 3. The highest BCUT2D eigenvalue weighted by Gasteiger charge is 1.95. The average molecular weight is 327 g/mol. The van der Waals surface area contributed by atoms with E-state index < -0.39 is 0 Å². The zero-order chi connectivity index (χ0) is 18.4. The molecule has 2 rings (SSSR count). The molecule has 4 nitrogen and oxygen atoms in total. The van der Waals surface area contributed by atoms with E-state index in [1.165, 1.54) is 23.7 Å². The third kappa shape index (κ3) is 11.4. The van der Waals surface area contributed by atoms with Crippen molar-refractivity contribution in [1.82, 2.24) is 5.48 Å². The number of nitrogens with zero attached hydrogens (tertiary/aromatic N) is 1. The Morgan fingerprint density at radius 1 is 1.00 bits per heavy atom. The summed E-state index contributed by atoms with van der Waals surface area (Å²) in [6.45, 7) is 13.3. The van der Waals surface area contributed by atoms with Gasteiger partial charge in [0, 0.05) is 18.7 Å². The van der Waals surface area contributed by atoms with E-state index in [0.29, 0.717) is 6.54 Å². The number of hydrogen-bond acceptors (Lipinski definition) is 3. The van der Waals surface area contributed by atoms with E-state index in [2.05, 4.69) is 36.0 Å². The Hall–Kier alpha value is -2.19. The van der Waals surface area contributed by atoms with E-state index >= 15 is 0 Å². The lowest BCUT2D eigenvalue weighted by atomic mass is 10.1. The van der Waals surface area contributed by atoms with Crippen molar-refractivity contribution >= 4 is 0 Å². The molecular weight excluding hydrogens is 298 g/mol. The Kier molecular flexibility index (Phi) is 12.1. The fourth-order valence-corrected chi connectivity index (χ4v) is 1.88. The first kappa shape index (κ1) is 21.8. The van der Waals surface area contributed by atoms with Crippen LogP contribution in [0.15, 0.2) is 48.5 Å². The van der Waals surface area contributed by atoms with E-state index in [-0.39, 0.29) is 6.04 Å². The molecule has 0 bridgehead atoms. The van der Waals surface area contributed by atoms with Crippen molar-refractivity contribution in [1.29, 1.82) is 0 Å². The number of benzene rings is 2. The second-order valence-electron chi connectivity index (χ2n) is 5.69. The summed E-state index contributed by atoms with van der Waals surface area (Å²) >= 11 is 0. The molecule has 0 radical (unpaired) electrons. The highest BCUT2D eigenvalue weighted by atomic mass is 16.5. The van der Waals surface area contributed by atoms with Crippen LogP contribution in [-0.4, -0.2) is 18.3 Å². The van der Waals surface area contributed by atoms with Gasteiger partial charge in [0.25, 0.3) is 0 Å². The maximum atomic E-state index is 7.32. The first-order valence-corrected chi connectivity index (χ1v) is 7.93. The monoisotopic (exact) mass is 327 g/mol. The molecule has 24 heavy (non-hydrogen) atoms. The molecule has 0 aliphatic carbocycles. The quantitative estimate of drug-likeness (QED) is 0.592. The fraction of sp³-hybridized carbons (Fsp3) is 0.350. The lowest BCUT2D eigenvalue weighted by Crippen LogP contribution is -2.17. The van der Waals surface area contributed by atoms with Crippen LogP contribution in [0, 0.1) is 20.4 Å². The molecule has 0 saturated carbocycles. The van der Waals surface area contributed by atoms with Crippen molar-refractivity contribution in [2.75, 3.05) is 7.05 Å². The van der Waals surface area contributed by atoms with E-state index in [9.17, 15) is 0 Å². The maximum Gasteiger partial charge on any atom is 0.239 e. The Morgan fingerprint density at radius 3 is 1.71 bits per heavy atom. The van der Waals surface area contributed by atoms with Crippen molar-refractivity contribution in [3.63, 3.8) is 0 Å². The van der Waals surface area contributed by atoms with Crippen LogP contribution in [-0.2, 0) is 13.0 Å². The normalized spacial score (nSPS) is 10.4. The van der Waals surface area contributed by atoms with Crippen molar-refractivity contribution < 1.29 is 5.21 Å². The number of hydroxylamine groups is 1. The van der Waals surface area contributed by atoms with E-state index in [0.717, 1.165) is 12.0 Å². The van der Waals surface area contributed by atoms with Gasteiger partial charge in [0.1, 0.15) is 0 Å². The molecule has 0 fully saturated rings. The molecule has 0 aliphatic heterocycles. The van der Waals surface area contributed by atoms with Crippen LogP contribution in [0.3, 0.4) is 0 Å². The van der Waals surface area contributed by atoms with Crippen LogP contribution in [0.1, 0.15) is 29.2 Å². The second kappa shape index (κ2) is 13.3. The van der Waals surface area contributed by atoms with Crippen molar-refractivity contribution in [2.24, 2.45) is 5.73 Å². The summed E-state index contributed by atoms with van der Waals surface area (Å²) in [4.78, 5) is 3.29. The second-order valence-corrected chi connectivity index (χ2v) is 5.69. The SMILES string of the molecule is CNO.Cc1ccc(CC(C)N)cc1.[C-]#[N+]Cc1ccc(C)cc1. The average Bonchev–Trinajstić information content (AvgIpc) is 2.53. The van der Waals surface area contributed by atoms with Crippen molar-refractivity contribution in [3.8, 4) is 0 Å². The van der Waals surface area contributed by atoms with Gasteiger partial charge >= 0.3 is 0 Å². The highest BCUT2D eigenvalue weighted by molar-refractivity contribution is 5.22. The predicted octanol–water partition coefficient (Wildman–Crippen LogP) is 3.89. The van der Waals surface area contributed by atoms with E-state index in [4.69, 9.17) is 17.5 Å². The number of aryl methyl sites for hydroxylation is 2. The van der Waals surface area contributed by atoms with Crippen LogP contribution in [0.25, 0.3) is 4.85 Å². The molecule has 4 N–H and O–H groups in total. The summed E-state index contributed by atoms with van der Waals surface area (Å²) in [5, 5.41) is 7.32. The van der Waals surface area contributed by atoms with Gasteiger partial charge in [-0.15, -0.1) is 0 Å². The smallest absolute Gasteiger partial charge is 0.239 e. The Morgan fingerprint density at radius 2 is 1.38 bits per heavy atom. The van der Waals surface area contributed by atoms with Crippen LogP contribution >= 0.6 is 0 Å². The lowest BCUT2D eigenvalue weighted by molar-refractivity contribution is 0.194. The lowest BCUT2D eigenvalue weighted by Gasteiger charge is -2.04. The molecule has 1 atom stereocenters. The summed E-state index contributed by atoms with van der Waals surface area (Å²) in [5.41, 5.74) is 12.4. The molecule has 4 heteroatoms. The molecule has 0 aromatic heterocycles. The number of nitrogens with one attached hydrogen (secondary N) is 1. The van der Waals surface area contributed by atoms with Crippen molar-refractivity contribution in [2.45, 2.75) is 39.8 Å². The topological polar surface area (TPSA) is 62.6 Å². The third-order valence-corrected chi connectivity index (χ3v) is 3.06. The summed E-state index contributed by atoms with van der Waals surface area (Å²) in [6, 6.07) is 16.8. The summed E-state index contributed by atoms with van der Waals surface area (Å²) in [5.74, 6) is 0. The number of nitrogens with two attached hydrogens (primary N) is 1.